The number of piperidine rings is 1. The van der Waals surface area contributed by atoms with Gasteiger partial charge < -0.3 is 15.7 Å². The van der Waals surface area contributed by atoms with Gasteiger partial charge in [0.05, 0.1) is 10.5 Å². The lowest BCUT2D eigenvalue weighted by Gasteiger charge is -2.22. The number of benzene rings is 1. The third-order valence-electron chi connectivity index (χ3n) is 3.95. The second kappa shape index (κ2) is 8.50. The fourth-order valence-electron chi connectivity index (χ4n) is 2.65. The average molecular weight is 416 g/mol. The van der Waals surface area contributed by atoms with Crippen LogP contribution in [0.3, 0.4) is 0 Å². The van der Waals surface area contributed by atoms with E-state index in [4.69, 9.17) is 0 Å². The molecule has 3 rings (SSSR count). The Labute approximate surface area is 155 Å². The van der Waals surface area contributed by atoms with Crippen molar-refractivity contribution in [1.82, 2.24) is 20.4 Å². The Kier molecular flexibility index (Phi) is 6.65. The molecule has 2 heterocycles. The van der Waals surface area contributed by atoms with Crippen LogP contribution in [0.15, 0.2) is 34.9 Å². The van der Waals surface area contributed by atoms with Crippen molar-refractivity contribution in [3.05, 3.63) is 46.2 Å². The summed E-state index contributed by atoms with van der Waals surface area (Å²) in [4.78, 5) is 12.2. The van der Waals surface area contributed by atoms with Crippen molar-refractivity contribution in [2.45, 2.75) is 25.4 Å². The summed E-state index contributed by atoms with van der Waals surface area (Å²) in [5.41, 5.74) is 1.33. The van der Waals surface area contributed by atoms with Gasteiger partial charge in [0.2, 0.25) is 0 Å². The second-order valence-electron chi connectivity index (χ2n) is 5.65. The predicted molar refractivity (Wildman–Crippen MR) is 97.6 cm³/mol. The molecule has 1 saturated heterocycles. The summed E-state index contributed by atoms with van der Waals surface area (Å²) in [6.45, 7) is 2.33. The largest absolute Gasteiger partial charge is 0.507 e. The van der Waals surface area contributed by atoms with Crippen molar-refractivity contribution >= 4 is 34.2 Å². The van der Waals surface area contributed by atoms with Crippen molar-refractivity contribution in [1.29, 1.82) is 0 Å². The number of phenolic OH excluding ortho intramolecular Hbond substituents is 1. The minimum atomic E-state index is -0.197. The first-order valence-corrected chi connectivity index (χ1v) is 8.44. The number of aromatic nitrogens is 2. The van der Waals surface area contributed by atoms with Crippen LogP contribution in [-0.2, 0) is 6.54 Å². The molecule has 1 aromatic heterocycles. The van der Waals surface area contributed by atoms with E-state index in [0.717, 1.165) is 31.5 Å². The quantitative estimate of drug-likeness (QED) is 0.717. The Morgan fingerprint density at radius 1 is 1.46 bits per heavy atom. The van der Waals surface area contributed by atoms with Crippen molar-refractivity contribution in [2.75, 3.05) is 13.1 Å². The standard InChI is InChI=1S/C16H19BrN4O2.ClH/c17-13-8-11(3-4-15(13)22)9-19-16(23)14-5-7-21(20-14)12-2-1-6-18-10-12;/h3-5,7-8,12,18,22H,1-2,6,9-10H2,(H,19,23);1H. The van der Waals surface area contributed by atoms with Gasteiger partial charge in [0.1, 0.15) is 11.4 Å². The molecule has 1 unspecified atom stereocenters. The summed E-state index contributed by atoms with van der Waals surface area (Å²) in [5, 5.41) is 20.1. The van der Waals surface area contributed by atoms with Crippen LogP contribution in [0.25, 0.3) is 0 Å². The van der Waals surface area contributed by atoms with E-state index in [1.54, 1.807) is 24.3 Å². The fourth-order valence-corrected chi connectivity index (χ4v) is 3.08. The molecule has 3 N–H and O–H groups in total. The van der Waals surface area contributed by atoms with Crippen LogP contribution in [-0.4, -0.2) is 33.9 Å². The summed E-state index contributed by atoms with van der Waals surface area (Å²) in [7, 11) is 0. The first-order valence-electron chi connectivity index (χ1n) is 7.65. The maximum atomic E-state index is 12.2. The lowest BCUT2D eigenvalue weighted by Crippen LogP contribution is -2.32. The Morgan fingerprint density at radius 2 is 2.29 bits per heavy atom. The van der Waals surface area contributed by atoms with Crippen LogP contribution in [0.1, 0.15) is 34.9 Å². The highest BCUT2D eigenvalue weighted by molar-refractivity contribution is 9.10. The van der Waals surface area contributed by atoms with Gasteiger partial charge in [-0.05, 0) is 59.1 Å². The van der Waals surface area contributed by atoms with Crippen molar-refractivity contribution < 1.29 is 9.90 Å². The van der Waals surface area contributed by atoms with Gasteiger partial charge in [-0.25, -0.2) is 0 Å². The van der Waals surface area contributed by atoms with E-state index in [2.05, 4.69) is 31.7 Å². The lowest BCUT2D eigenvalue weighted by atomic mass is 10.1. The number of halogens is 2. The predicted octanol–water partition coefficient (Wildman–Crippen LogP) is 2.63. The molecule has 0 aliphatic carbocycles. The topological polar surface area (TPSA) is 79.2 Å². The zero-order chi connectivity index (χ0) is 16.2. The molecule has 130 valence electrons. The molecular formula is C16H20BrClN4O2. The summed E-state index contributed by atoms with van der Waals surface area (Å²) >= 11 is 3.26. The zero-order valence-electron chi connectivity index (χ0n) is 13.0. The first-order chi connectivity index (χ1) is 11.1. The maximum Gasteiger partial charge on any atom is 0.272 e. The molecule has 6 nitrogen and oxygen atoms in total. The number of hydrogen-bond acceptors (Lipinski definition) is 4. The summed E-state index contributed by atoms with van der Waals surface area (Å²) in [6, 6.07) is 7.21. The van der Waals surface area contributed by atoms with Crippen molar-refractivity contribution in [2.24, 2.45) is 0 Å². The number of nitrogens with one attached hydrogen (secondary N) is 2. The minimum absolute atomic E-state index is 0. The van der Waals surface area contributed by atoms with Gasteiger partial charge in [0.25, 0.3) is 5.91 Å². The number of rotatable bonds is 4. The van der Waals surface area contributed by atoms with Crippen molar-refractivity contribution in [3.8, 4) is 5.75 Å². The number of carbonyl (C=O) groups is 1. The highest BCUT2D eigenvalue weighted by Crippen LogP contribution is 2.24. The van der Waals surface area contributed by atoms with Gasteiger partial charge in [0, 0.05) is 19.3 Å². The van der Waals surface area contributed by atoms with Crippen LogP contribution in [0.5, 0.6) is 5.75 Å². The van der Waals surface area contributed by atoms with E-state index in [1.165, 1.54) is 0 Å². The van der Waals surface area contributed by atoms with Crippen LogP contribution in [0, 0.1) is 0 Å². The van der Waals surface area contributed by atoms with E-state index in [9.17, 15) is 9.90 Å². The van der Waals surface area contributed by atoms with Gasteiger partial charge in [-0.3, -0.25) is 9.48 Å². The molecule has 8 heteroatoms. The van der Waals surface area contributed by atoms with Crippen LogP contribution in [0.2, 0.25) is 0 Å². The molecule has 0 saturated carbocycles. The van der Waals surface area contributed by atoms with E-state index in [0.29, 0.717) is 22.8 Å². The number of carbonyl (C=O) groups excluding carboxylic acids is 1. The van der Waals surface area contributed by atoms with Gasteiger partial charge in [-0.2, -0.15) is 5.10 Å². The molecule has 24 heavy (non-hydrogen) atoms. The van der Waals surface area contributed by atoms with E-state index in [1.807, 2.05) is 10.9 Å². The third kappa shape index (κ3) is 4.49. The molecule has 2 aromatic rings. The Morgan fingerprint density at radius 3 is 3.00 bits per heavy atom. The van der Waals surface area contributed by atoms with E-state index < -0.39 is 0 Å². The molecule has 1 aromatic carbocycles. The van der Waals surface area contributed by atoms with E-state index in [-0.39, 0.29) is 24.1 Å². The van der Waals surface area contributed by atoms with Crippen molar-refractivity contribution in [3.63, 3.8) is 0 Å². The average Bonchev–Trinajstić information content (AvgIpc) is 3.06. The van der Waals surface area contributed by atoms with Gasteiger partial charge in [0.15, 0.2) is 0 Å². The van der Waals surface area contributed by atoms with Crippen LogP contribution < -0.4 is 10.6 Å². The second-order valence-corrected chi connectivity index (χ2v) is 6.50. The number of hydrogen-bond donors (Lipinski definition) is 3. The lowest BCUT2D eigenvalue weighted by molar-refractivity contribution is 0.0944. The summed E-state index contributed by atoms with van der Waals surface area (Å²) in [5.74, 6) is -0.0170. The monoisotopic (exact) mass is 414 g/mol. The number of phenols is 1. The van der Waals surface area contributed by atoms with Gasteiger partial charge in [-0.1, -0.05) is 6.07 Å². The Balaban J connectivity index is 0.00000208. The molecule has 1 aliphatic heterocycles. The highest BCUT2D eigenvalue weighted by atomic mass is 79.9. The van der Waals surface area contributed by atoms with Crippen LogP contribution >= 0.6 is 28.3 Å². The molecule has 0 bridgehead atoms. The molecule has 1 atom stereocenters. The van der Waals surface area contributed by atoms with E-state index >= 15 is 0 Å². The molecule has 1 fully saturated rings. The molecule has 1 amide bonds. The number of amides is 1. The molecule has 0 spiro atoms. The fraction of sp³-hybridized carbons (Fsp3) is 0.375. The van der Waals surface area contributed by atoms with Gasteiger partial charge in [-0.15, -0.1) is 12.4 Å². The number of nitrogens with zero attached hydrogens (tertiary/aromatic N) is 2. The smallest absolute Gasteiger partial charge is 0.272 e. The maximum absolute atomic E-state index is 12.2. The molecular weight excluding hydrogens is 396 g/mol. The number of aromatic hydroxyl groups is 1. The molecule has 1 aliphatic rings. The third-order valence-corrected chi connectivity index (χ3v) is 4.59. The zero-order valence-corrected chi connectivity index (χ0v) is 15.4. The normalized spacial score (nSPS) is 17.1. The summed E-state index contributed by atoms with van der Waals surface area (Å²) in [6.07, 6.45) is 4.07. The first kappa shape index (κ1) is 18.8. The minimum Gasteiger partial charge on any atom is -0.507 e. The SMILES string of the molecule is Cl.O=C(NCc1ccc(O)c(Br)c1)c1ccn(C2CCCNC2)n1. The highest BCUT2D eigenvalue weighted by Gasteiger charge is 2.17. The van der Waals surface area contributed by atoms with Crippen LogP contribution in [0.4, 0.5) is 0 Å². The molecule has 0 radical (unpaired) electrons. The Bertz CT molecular complexity index is 701. The Hall–Kier alpha value is -1.57. The summed E-state index contributed by atoms with van der Waals surface area (Å²) < 4.78 is 2.48. The van der Waals surface area contributed by atoms with Gasteiger partial charge >= 0.3 is 0 Å².